The van der Waals surface area contributed by atoms with Crippen molar-refractivity contribution in [1.82, 2.24) is 4.90 Å². The first-order chi connectivity index (χ1) is 10.3. The second-order valence-corrected chi connectivity index (χ2v) is 5.64. The van der Waals surface area contributed by atoms with E-state index in [1.807, 2.05) is 24.3 Å². The molecule has 1 saturated carbocycles. The Bertz CT molecular complexity index is 388. The maximum Gasteiger partial charge on any atom is 0.119 e. The van der Waals surface area contributed by atoms with Gasteiger partial charge in [0.15, 0.2) is 0 Å². The number of ether oxygens (including phenoxy) is 2. The summed E-state index contributed by atoms with van der Waals surface area (Å²) in [5.41, 5.74) is 5.75. The molecule has 0 radical (unpaired) electrons. The Morgan fingerprint density at radius 3 is 2.33 bits per heavy atom. The normalized spacial score (nSPS) is 16.1. The molecule has 0 amide bonds. The van der Waals surface area contributed by atoms with Crippen LogP contribution in [0.2, 0.25) is 0 Å². The predicted molar refractivity (Wildman–Crippen MR) is 86.0 cm³/mol. The Labute approximate surface area is 128 Å². The lowest BCUT2D eigenvalue weighted by Gasteiger charge is -2.34. The maximum atomic E-state index is 5.84. The second-order valence-electron chi connectivity index (χ2n) is 5.64. The molecule has 0 saturated heterocycles. The van der Waals surface area contributed by atoms with Gasteiger partial charge in [-0.2, -0.15) is 0 Å². The smallest absolute Gasteiger partial charge is 0.119 e. The van der Waals surface area contributed by atoms with E-state index in [9.17, 15) is 0 Å². The Morgan fingerprint density at radius 1 is 1.05 bits per heavy atom. The highest BCUT2D eigenvalue weighted by Gasteiger charge is 2.20. The fourth-order valence-corrected chi connectivity index (χ4v) is 3.04. The van der Waals surface area contributed by atoms with Crippen LogP contribution in [0, 0.1) is 0 Å². The summed E-state index contributed by atoms with van der Waals surface area (Å²) in [6.07, 6.45) is 6.70. The maximum absolute atomic E-state index is 5.84. The molecule has 0 aliphatic heterocycles. The van der Waals surface area contributed by atoms with Crippen LogP contribution in [0.4, 0.5) is 0 Å². The molecule has 1 aromatic rings. The number of benzene rings is 1. The van der Waals surface area contributed by atoms with E-state index in [2.05, 4.69) is 4.90 Å². The van der Waals surface area contributed by atoms with Crippen LogP contribution >= 0.6 is 0 Å². The van der Waals surface area contributed by atoms with E-state index in [1.165, 1.54) is 32.1 Å². The van der Waals surface area contributed by atoms with Crippen LogP contribution in [-0.2, 0) is 0 Å². The molecule has 0 unspecified atom stereocenters. The third-order valence-electron chi connectivity index (χ3n) is 4.21. The van der Waals surface area contributed by atoms with Gasteiger partial charge in [0.05, 0.1) is 7.11 Å². The van der Waals surface area contributed by atoms with E-state index >= 15 is 0 Å². The standard InChI is InChI=1S/C17H28N2O2/c1-20-16-7-9-17(10-8-16)21-14-13-19(12-11-18)15-5-3-2-4-6-15/h7-10,15H,2-6,11-14,18H2,1H3. The first kappa shape index (κ1) is 16.1. The highest BCUT2D eigenvalue weighted by atomic mass is 16.5. The number of nitrogens with zero attached hydrogens (tertiary/aromatic N) is 1. The topological polar surface area (TPSA) is 47.7 Å². The predicted octanol–water partition coefficient (Wildman–Crippen LogP) is 2.67. The first-order valence-corrected chi connectivity index (χ1v) is 8.04. The summed E-state index contributed by atoms with van der Waals surface area (Å²) in [5, 5.41) is 0. The number of methoxy groups -OCH3 is 1. The summed E-state index contributed by atoms with van der Waals surface area (Å²) in [6.45, 7) is 3.35. The molecule has 0 heterocycles. The quantitative estimate of drug-likeness (QED) is 0.800. The van der Waals surface area contributed by atoms with Crippen molar-refractivity contribution in [3.05, 3.63) is 24.3 Å². The van der Waals surface area contributed by atoms with Gasteiger partial charge in [0.2, 0.25) is 0 Å². The third kappa shape index (κ3) is 5.21. The number of rotatable bonds is 8. The lowest BCUT2D eigenvalue weighted by Crippen LogP contribution is -2.42. The molecule has 0 aromatic heterocycles. The zero-order valence-electron chi connectivity index (χ0n) is 13.1. The number of hydrogen-bond acceptors (Lipinski definition) is 4. The van der Waals surface area contributed by atoms with Gasteiger partial charge < -0.3 is 15.2 Å². The van der Waals surface area contributed by atoms with Crippen molar-refractivity contribution in [2.75, 3.05) is 33.4 Å². The molecular weight excluding hydrogens is 264 g/mol. The summed E-state index contributed by atoms with van der Waals surface area (Å²) < 4.78 is 11.0. The molecule has 1 fully saturated rings. The molecule has 0 bridgehead atoms. The molecule has 4 nitrogen and oxygen atoms in total. The van der Waals surface area contributed by atoms with Crippen molar-refractivity contribution in [3.63, 3.8) is 0 Å². The average Bonchev–Trinajstić information content (AvgIpc) is 2.55. The Balaban J connectivity index is 1.77. The van der Waals surface area contributed by atoms with Crippen molar-refractivity contribution in [3.8, 4) is 11.5 Å². The van der Waals surface area contributed by atoms with E-state index in [1.54, 1.807) is 7.11 Å². The summed E-state index contributed by atoms with van der Waals surface area (Å²) in [6, 6.07) is 8.45. The van der Waals surface area contributed by atoms with Crippen molar-refractivity contribution in [2.45, 2.75) is 38.1 Å². The van der Waals surface area contributed by atoms with Crippen LogP contribution in [0.5, 0.6) is 11.5 Å². The average molecular weight is 292 g/mol. The van der Waals surface area contributed by atoms with Crippen molar-refractivity contribution in [1.29, 1.82) is 0 Å². The van der Waals surface area contributed by atoms with Gasteiger partial charge in [-0.25, -0.2) is 0 Å². The molecule has 118 valence electrons. The lowest BCUT2D eigenvalue weighted by molar-refractivity contribution is 0.134. The van der Waals surface area contributed by atoms with Crippen LogP contribution in [0.3, 0.4) is 0 Å². The van der Waals surface area contributed by atoms with E-state index < -0.39 is 0 Å². The zero-order chi connectivity index (χ0) is 14.9. The molecule has 1 aliphatic rings. The van der Waals surface area contributed by atoms with Gasteiger partial charge in [-0.1, -0.05) is 19.3 Å². The van der Waals surface area contributed by atoms with E-state index in [-0.39, 0.29) is 0 Å². The van der Waals surface area contributed by atoms with Crippen molar-refractivity contribution in [2.24, 2.45) is 5.73 Å². The van der Waals surface area contributed by atoms with Gasteiger partial charge in [0.25, 0.3) is 0 Å². The van der Waals surface area contributed by atoms with Gasteiger partial charge in [-0.15, -0.1) is 0 Å². The van der Waals surface area contributed by atoms with Crippen LogP contribution in [0.25, 0.3) is 0 Å². The monoisotopic (exact) mass is 292 g/mol. The summed E-state index contributed by atoms with van der Waals surface area (Å²) in [5.74, 6) is 1.75. The zero-order valence-corrected chi connectivity index (χ0v) is 13.1. The molecule has 4 heteroatoms. The van der Waals surface area contributed by atoms with Crippen LogP contribution in [-0.4, -0.2) is 44.3 Å². The highest BCUT2D eigenvalue weighted by molar-refractivity contribution is 5.31. The van der Waals surface area contributed by atoms with Gasteiger partial charge in [0, 0.05) is 25.7 Å². The summed E-state index contributed by atoms with van der Waals surface area (Å²) in [4.78, 5) is 2.50. The van der Waals surface area contributed by atoms with E-state index in [0.717, 1.165) is 31.1 Å². The van der Waals surface area contributed by atoms with Gasteiger partial charge in [-0.3, -0.25) is 4.90 Å². The fourth-order valence-electron chi connectivity index (χ4n) is 3.04. The Kier molecular flexibility index (Phi) is 6.83. The molecule has 21 heavy (non-hydrogen) atoms. The highest BCUT2D eigenvalue weighted by Crippen LogP contribution is 2.22. The van der Waals surface area contributed by atoms with Crippen LogP contribution in [0.15, 0.2) is 24.3 Å². The van der Waals surface area contributed by atoms with Crippen LogP contribution in [0.1, 0.15) is 32.1 Å². The van der Waals surface area contributed by atoms with Gasteiger partial charge in [-0.05, 0) is 37.1 Å². The van der Waals surface area contributed by atoms with Crippen molar-refractivity contribution < 1.29 is 9.47 Å². The summed E-state index contributed by atoms with van der Waals surface area (Å²) >= 11 is 0. The minimum absolute atomic E-state index is 0.696. The third-order valence-corrected chi connectivity index (χ3v) is 4.21. The minimum atomic E-state index is 0.696. The first-order valence-electron chi connectivity index (χ1n) is 8.04. The van der Waals surface area contributed by atoms with E-state index in [0.29, 0.717) is 12.6 Å². The van der Waals surface area contributed by atoms with Gasteiger partial charge >= 0.3 is 0 Å². The largest absolute Gasteiger partial charge is 0.497 e. The molecule has 2 rings (SSSR count). The second kappa shape index (κ2) is 8.90. The molecular formula is C17H28N2O2. The molecule has 1 aromatic carbocycles. The lowest BCUT2D eigenvalue weighted by atomic mass is 9.94. The minimum Gasteiger partial charge on any atom is -0.497 e. The molecule has 1 aliphatic carbocycles. The number of hydrogen-bond donors (Lipinski definition) is 1. The SMILES string of the molecule is COc1ccc(OCCN(CCN)C2CCCCC2)cc1. The van der Waals surface area contributed by atoms with E-state index in [4.69, 9.17) is 15.2 Å². The van der Waals surface area contributed by atoms with Crippen molar-refractivity contribution >= 4 is 0 Å². The molecule has 0 spiro atoms. The van der Waals surface area contributed by atoms with Crippen LogP contribution < -0.4 is 15.2 Å². The Hall–Kier alpha value is -1.26. The summed E-state index contributed by atoms with van der Waals surface area (Å²) in [7, 11) is 1.67. The molecule has 2 N–H and O–H groups in total. The fraction of sp³-hybridized carbons (Fsp3) is 0.647. The number of nitrogens with two attached hydrogens (primary N) is 1. The Morgan fingerprint density at radius 2 is 1.71 bits per heavy atom. The van der Waals surface area contributed by atoms with Gasteiger partial charge in [0.1, 0.15) is 18.1 Å². The molecule has 0 atom stereocenters.